The van der Waals surface area contributed by atoms with Crippen molar-refractivity contribution in [1.82, 2.24) is 5.43 Å². The second-order valence-electron chi connectivity index (χ2n) is 4.43. The Kier molecular flexibility index (Phi) is 6.05. The van der Waals surface area contributed by atoms with Crippen LogP contribution in [-0.4, -0.2) is 12.1 Å². The SMILES string of the molecule is CCCC(/C=N/NC(=O)c1ccc[n+](C)c1)CC. The van der Waals surface area contributed by atoms with Gasteiger partial charge in [0.25, 0.3) is 5.91 Å². The number of aryl methyl sites for hydroxylation is 1. The molecule has 1 heterocycles. The van der Waals surface area contributed by atoms with E-state index in [-0.39, 0.29) is 5.91 Å². The Labute approximate surface area is 109 Å². The average molecular weight is 248 g/mol. The molecule has 98 valence electrons. The zero-order chi connectivity index (χ0) is 13.4. The van der Waals surface area contributed by atoms with Crippen molar-refractivity contribution in [2.24, 2.45) is 18.1 Å². The summed E-state index contributed by atoms with van der Waals surface area (Å²) in [6, 6.07) is 3.61. The summed E-state index contributed by atoms with van der Waals surface area (Å²) in [6.45, 7) is 4.28. The van der Waals surface area contributed by atoms with Gasteiger partial charge in [0.15, 0.2) is 12.4 Å². The molecule has 0 aromatic carbocycles. The molecule has 1 aromatic rings. The summed E-state index contributed by atoms with van der Waals surface area (Å²) in [6.07, 6.45) is 8.78. The number of pyridine rings is 1. The van der Waals surface area contributed by atoms with Crippen LogP contribution in [0.15, 0.2) is 29.6 Å². The predicted molar refractivity (Wildman–Crippen MR) is 72.3 cm³/mol. The largest absolute Gasteiger partial charge is 0.277 e. The summed E-state index contributed by atoms with van der Waals surface area (Å²) in [7, 11) is 1.88. The lowest BCUT2D eigenvalue weighted by atomic mass is 10.0. The number of carbonyl (C=O) groups excluding carboxylic acids is 1. The second kappa shape index (κ2) is 7.58. The Morgan fingerprint density at radius 1 is 1.56 bits per heavy atom. The molecular weight excluding hydrogens is 226 g/mol. The smallest absolute Gasteiger partial charge is 0.267 e. The standard InChI is InChI=1S/C14H21N3O/c1-4-7-12(5-2)10-15-16-14(18)13-8-6-9-17(3)11-13/h6,8-12H,4-5,7H2,1-3H3/p+1/b15-10+. The van der Waals surface area contributed by atoms with E-state index >= 15 is 0 Å². The van der Waals surface area contributed by atoms with Crippen LogP contribution in [0.3, 0.4) is 0 Å². The first-order chi connectivity index (χ1) is 8.67. The van der Waals surface area contributed by atoms with E-state index in [2.05, 4.69) is 24.4 Å². The Morgan fingerprint density at radius 2 is 2.33 bits per heavy atom. The highest BCUT2D eigenvalue weighted by atomic mass is 16.2. The first-order valence-electron chi connectivity index (χ1n) is 6.46. The molecule has 4 heteroatoms. The molecule has 0 saturated heterocycles. The van der Waals surface area contributed by atoms with Crippen LogP contribution in [-0.2, 0) is 7.05 Å². The van der Waals surface area contributed by atoms with E-state index < -0.39 is 0 Å². The van der Waals surface area contributed by atoms with Crippen molar-refractivity contribution in [3.63, 3.8) is 0 Å². The van der Waals surface area contributed by atoms with Crippen LogP contribution in [0.2, 0.25) is 0 Å². The lowest BCUT2D eigenvalue weighted by molar-refractivity contribution is -0.671. The maximum Gasteiger partial charge on any atom is 0.277 e. The molecule has 1 amide bonds. The number of rotatable bonds is 6. The normalized spacial score (nSPS) is 12.6. The van der Waals surface area contributed by atoms with Crippen LogP contribution in [0.25, 0.3) is 0 Å². The number of hydrogen-bond donors (Lipinski definition) is 1. The fourth-order valence-electron chi connectivity index (χ4n) is 1.74. The lowest BCUT2D eigenvalue weighted by Gasteiger charge is -2.06. The van der Waals surface area contributed by atoms with Gasteiger partial charge in [0.1, 0.15) is 12.6 Å². The fraction of sp³-hybridized carbons (Fsp3) is 0.500. The van der Waals surface area contributed by atoms with E-state index in [1.165, 1.54) is 0 Å². The van der Waals surface area contributed by atoms with E-state index in [1.807, 2.05) is 30.1 Å². The van der Waals surface area contributed by atoms with Gasteiger partial charge in [-0.1, -0.05) is 20.3 Å². The summed E-state index contributed by atoms with van der Waals surface area (Å²) in [5.74, 6) is 0.274. The van der Waals surface area contributed by atoms with E-state index in [0.29, 0.717) is 11.5 Å². The van der Waals surface area contributed by atoms with Gasteiger partial charge in [-0.3, -0.25) is 4.79 Å². The van der Waals surface area contributed by atoms with Gasteiger partial charge < -0.3 is 0 Å². The molecule has 0 aliphatic heterocycles. The molecule has 18 heavy (non-hydrogen) atoms. The summed E-state index contributed by atoms with van der Waals surface area (Å²) in [5, 5.41) is 4.03. The molecule has 1 atom stereocenters. The van der Waals surface area contributed by atoms with Gasteiger partial charge in [-0.25, -0.2) is 9.99 Å². The molecule has 1 rings (SSSR count). The third-order valence-corrected chi connectivity index (χ3v) is 2.84. The third-order valence-electron chi connectivity index (χ3n) is 2.84. The Balaban J connectivity index is 2.53. The highest BCUT2D eigenvalue weighted by molar-refractivity contribution is 5.93. The molecular formula is C14H22N3O+. The van der Waals surface area contributed by atoms with Crippen molar-refractivity contribution < 1.29 is 9.36 Å². The monoisotopic (exact) mass is 248 g/mol. The van der Waals surface area contributed by atoms with Crippen molar-refractivity contribution >= 4 is 12.1 Å². The molecule has 0 spiro atoms. The summed E-state index contributed by atoms with van der Waals surface area (Å²) < 4.78 is 1.84. The van der Waals surface area contributed by atoms with E-state index in [0.717, 1.165) is 19.3 Å². The number of nitrogens with zero attached hydrogens (tertiary/aromatic N) is 2. The first kappa shape index (κ1) is 14.4. The van der Waals surface area contributed by atoms with Gasteiger partial charge in [0.2, 0.25) is 0 Å². The van der Waals surface area contributed by atoms with Gasteiger partial charge >= 0.3 is 0 Å². The first-order valence-corrected chi connectivity index (χ1v) is 6.46. The van der Waals surface area contributed by atoms with Crippen LogP contribution in [0.1, 0.15) is 43.5 Å². The minimum atomic E-state index is -0.172. The minimum absolute atomic E-state index is 0.172. The molecule has 0 aliphatic rings. The predicted octanol–water partition coefficient (Wildman–Crippen LogP) is 2.05. The maximum atomic E-state index is 11.8. The zero-order valence-electron chi connectivity index (χ0n) is 11.4. The number of aromatic nitrogens is 1. The molecule has 1 unspecified atom stereocenters. The molecule has 0 saturated carbocycles. The highest BCUT2D eigenvalue weighted by Crippen LogP contribution is 2.07. The number of hydrogen-bond acceptors (Lipinski definition) is 2. The van der Waals surface area contributed by atoms with E-state index in [1.54, 1.807) is 12.3 Å². The van der Waals surface area contributed by atoms with Crippen molar-refractivity contribution in [2.75, 3.05) is 0 Å². The van der Waals surface area contributed by atoms with Crippen molar-refractivity contribution in [1.29, 1.82) is 0 Å². The molecule has 1 aromatic heterocycles. The quantitative estimate of drug-likeness (QED) is 0.467. The summed E-state index contributed by atoms with van der Waals surface area (Å²) in [5.41, 5.74) is 3.18. The highest BCUT2D eigenvalue weighted by Gasteiger charge is 2.07. The Morgan fingerprint density at radius 3 is 2.94 bits per heavy atom. The van der Waals surface area contributed by atoms with Gasteiger partial charge in [0, 0.05) is 12.3 Å². The fourth-order valence-corrected chi connectivity index (χ4v) is 1.74. The van der Waals surface area contributed by atoms with Crippen LogP contribution in [0.4, 0.5) is 0 Å². The van der Waals surface area contributed by atoms with Crippen molar-refractivity contribution in [2.45, 2.75) is 33.1 Å². The topological polar surface area (TPSA) is 45.3 Å². The second-order valence-corrected chi connectivity index (χ2v) is 4.43. The Bertz CT molecular complexity index is 415. The number of hydrazone groups is 1. The maximum absolute atomic E-state index is 11.8. The van der Waals surface area contributed by atoms with Gasteiger partial charge in [-0.05, 0) is 24.8 Å². The molecule has 0 radical (unpaired) electrons. The number of carbonyl (C=O) groups is 1. The van der Waals surface area contributed by atoms with E-state index in [9.17, 15) is 4.79 Å². The van der Waals surface area contributed by atoms with Gasteiger partial charge in [-0.15, -0.1) is 0 Å². The van der Waals surface area contributed by atoms with Crippen LogP contribution >= 0.6 is 0 Å². The minimum Gasteiger partial charge on any atom is -0.267 e. The molecule has 0 aliphatic carbocycles. The van der Waals surface area contributed by atoms with Gasteiger partial charge in [-0.2, -0.15) is 5.10 Å². The van der Waals surface area contributed by atoms with E-state index in [4.69, 9.17) is 0 Å². The summed E-state index contributed by atoms with van der Waals surface area (Å²) in [4.78, 5) is 11.8. The van der Waals surface area contributed by atoms with Crippen molar-refractivity contribution in [3.05, 3.63) is 30.1 Å². The molecule has 1 N–H and O–H groups in total. The third kappa shape index (κ3) is 4.65. The molecule has 4 nitrogen and oxygen atoms in total. The summed E-state index contributed by atoms with van der Waals surface area (Å²) >= 11 is 0. The number of nitrogens with one attached hydrogen (secondary N) is 1. The Hall–Kier alpha value is -1.71. The van der Waals surface area contributed by atoms with Crippen molar-refractivity contribution in [3.8, 4) is 0 Å². The molecule has 0 bridgehead atoms. The average Bonchev–Trinajstić information content (AvgIpc) is 2.37. The van der Waals surface area contributed by atoms with Crippen LogP contribution in [0, 0.1) is 5.92 Å². The van der Waals surface area contributed by atoms with Crippen LogP contribution in [0.5, 0.6) is 0 Å². The zero-order valence-corrected chi connectivity index (χ0v) is 11.4. The molecule has 0 fully saturated rings. The lowest BCUT2D eigenvalue weighted by Crippen LogP contribution is -2.29. The van der Waals surface area contributed by atoms with Gasteiger partial charge in [0.05, 0.1) is 0 Å². The number of amides is 1. The van der Waals surface area contributed by atoms with Crippen LogP contribution < -0.4 is 9.99 Å².